The summed E-state index contributed by atoms with van der Waals surface area (Å²) in [6, 6.07) is 6.18. The quantitative estimate of drug-likeness (QED) is 0.389. The second kappa shape index (κ2) is 9.18. The average molecular weight is 276 g/mol. The van der Waals surface area contributed by atoms with Crippen LogP contribution in [-0.4, -0.2) is 19.2 Å². The number of hydrogen-bond donors (Lipinski definition) is 0. The predicted octanol–water partition coefficient (Wildman–Crippen LogP) is 3.97. The summed E-state index contributed by atoms with van der Waals surface area (Å²) in [5.41, 5.74) is 2.36. The van der Waals surface area contributed by atoms with Crippen LogP contribution in [-0.2, 0) is 9.53 Å². The minimum absolute atomic E-state index is 0.344. The highest BCUT2D eigenvalue weighted by molar-refractivity contribution is 5.81. The lowest BCUT2D eigenvalue weighted by molar-refractivity contribution is -0.137. The molecule has 1 aromatic carbocycles. The van der Waals surface area contributed by atoms with Gasteiger partial charge in [-0.3, -0.25) is 0 Å². The molecule has 110 valence electrons. The van der Waals surface area contributed by atoms with Crippen LogP contribution in [0.4, 0.5) is 0 Å². The Bertz CT molecular complexity index is 418. The van der Waals surface area contributed by atoms with Crippen LogP contribution < -0.4 is 4.74 Å². The Morgan fingerprint density at radius 1 is 1.10 bits per heavy atom. The zero-order chi connectivity index (χ0) is 14.8. The molecule has 0 aliphatic carbocycles. The SMILES string of the molecule is C=CC(=O)OCCCCCCOc1c(C)cccc1C. The van der Waals surface area contributed by atoms with Crippen LogP contribution in [0.15, 0.2) is 30.9 Å². The first kappa shape index (κ1) is 16.3. The van der Waals surface area contributed by atoms with Gasteiger partial charge in [-0.25, -0.2) is 4.79 Å². The van der Waals surface area contributed by atoms with Crippen LogP contribution in [0.2, 0.25) is 0 Å². The highest BCUT2D eigenvalue weighted by Crippen LogP contribution is 2.22. The molecule has 0 aromatic heterocycles. The Labute approximate surface area is 121 Å². The molecule has 0 bridgehead atoms. The maximum atomic E-state index is 10.8. The van der Waals surface area contributed by atoms with Gasteiger partial charge in [0, 0.05) is 6.08 Å². The van der Waals surface area contributed by atoms with Gasteiger partial charge < -0.3 is 9.47 Å². The molecule has 0 unspecified atom stereocenters. The molecule has 0 spiro atoms. The van der Waals surface area contributed by atoms with Crippen LogP contribution in [0.25, 0.3) is 0 Å². The number of carbonyl (C=O) groups excluding carboxylic acids is 1. The fraction of sp³-hybridized carbons (Fsp3) is 0.471. The molecule has 1 aromatic rings. The Morgan fingerprint density at radius 2 is 1.70 bits per heavy atom. The third kappa shape index (κ3) is 5.91. The van der Waals surface area contributed by atoms with E-state index in [2.05, 4.69) is 32.6 Å². The lowest BCUT2D eigenvalue weighted by Gasteiger charge is -2.11. The molecule has 3 nitrogen and oxygen atoms in total. The minimum Gasteiger partial charge on any atom is -0.493 e. The molecule has 0 atom stereocenters. The maximum absolute atomic E-state index is 10.8. The summed E-state index contributed by atoms with van der Waals surface area (Å²) in [6.45, 7) is 8.69. The number of carbonyl (C=O) groups is 1. The number of para-hydroxylation sites is 1. The van der Waals surface area contributed by atoms with Gasteiger partial charge in [0.1, 0.15) is 5.75 Å². The van der Waals surface area contributed by atoms with Gasteiger partial charge in [-0.15, -0.1) is 0 Å². The number of hydrogen-bond acceptors (Lipinski definition) is 3. The number of aryl methyl sites for hydroxylation is 2. The molecule has 3 heteroatoms. The standard InChI is InChI=1S/C17H24O3/c1-4-16(18)19-12-7-5-6-8-13-20-17-14(2)10-9-11-15(17)3/h4,9-11H,1,5-8,12-13H2,2-3H3. The lowest BCUT2D eigenvalue weighted by Crippen LogP contribution is -2.03. The summed E-state index contributed by atoms with van der Waals surface area (Å²) in [5, 5.41) is 0. The smallest absolute Gasteiger partial charge is 0.330 e. The molecule has 0 heterocycles. The van der Waals surface area contributed by atoms with Crippen molar-refractivity contribution < 1.29 is 14.3 Å². The van der Waals surface area contributed by atoms with Crippen LogP contribution in [0, 0.1) is 13.8 Å². The Balaban J connectivity index is 2.08. The average Bonchev–Trinajstić information content (AvgIpc) is 2.44. The van der Waals surface area contributed by atoms with Gasteiger partial charge in [-0.2, -0.15) is 0 Å². The van der Waals surface area contributed by atoms with E-state index in [1.807, 2.05) is 6.07 Å². The van der Waals surface area contributed by atoms with Crippen molar-refractivity contribution in [2.45, 2.75) is 39.5 Å². The second-order valence-electron chi connectivity index (χ2n) is 4.86. The molecular weight excluding hydrogens is 252 g/mol. The third-order valence-electron chi connectivity index (χ3n) is 3.10. The number of unbranched alkanes of at least 4 members (excludes halogenated alkanes) is 3. The summed E-state index contributed by atoms with van der Waals surface area (Å²) in [5.74, 6) is 0.663. The third-order valence-corrected chi connectivity index (χ3v) is 3.10. The van der Waals surface area contributed by atoms with Gasteiger partial charge in [0.2, 0.25) is 0 Å². The van der Waals surface area contributed by atoms with Crippen molar-refractivity contribution in [2.75, 3.05) is 13.2 Å². The second-order valence-corrected chi connectivity index (χ2v) is 4.86. The fourth-order valence-corrected chi connectivity index (χ4v) is 1.99. The molecule has 0 N–H and O–H groups in total. The van der Waals surface area contributed by atoms with Gasteiger partial charge in [-0.05, 0) is 50.7 Å². The number of rotatable bonds is 9. The highest BCUT2D eigenvalue weighted by Gasteiger charge is 2.02. The monoisotopic (exact) mass is 276 g/mol. The summed E-state index contributed by atoms with van der Waals surface area (Å²) in [6.07, 6.45) is 5.22. The number of esters is 1. The van der Waals surface area contributed by atoms with E-state index < -0.39 is 0 Å². The molecule has 0 saturated carbocycles. The summed E-state index contributed by atoms with van der Waals surface area (Å²) in [4.78, 5) is 10.8. The van der Waals surface area contributed by atoms with Crippen LogP contribution in [0.1, 0.15) is 36.8 Å². The van der Waals surface area contributed by atoms with Crippen molar-refractivity contribution in [3.63, 3.8) is 0 Å². The maximum Gasteiger partial charge on any atom is 0.330 e. The van der Waals surface area contributed by atoms with E-state index >= 15 is 0 Å². The summed E-state index contributed by atoms with van der Waals surface area (Å²) >= 11 is 0. The zero-order valence-electron chi connectivity index (χ0n) is 12.5. The van der Waals surface area contributed by atoms with Gasteiger partial charge in [0.25, 0.3) is 0 Å². The first-order valence-electron chi connectivity index (χ1n) is 7.13. The minimum atomic E-state index is -0.344. The Hall–Kier alpha value is -1.77. The van der Waals surface area contributed by atoms with E-state index in [0.717, 1.165) is 38.0 Å². The van der Waals surface area contributed by atoms with E-state index in [-0.39, 0.29) is 5.97 Å². The molecule has 0 radical (unpaired) electrons. The van der Waals surface area contributed by atoms with Gasteiger partial charge in [0.05, 0.1) is 13.2 Å². The van der Waals surface area contributed by atoms with Crippen molar-refractivity contribution >= 4 is 5.97 Å². The Kier molecular flexibility index (Phi) is 7.48. The molecule has 0 fully saturated rings. The largest absolute Gasteiger partial charge is 0.493 e. The van der Waals surface area contributed by atoms with E-state index in [1.54, 1.807) is 0 Å². The Morgan fingerprint density at radius 3 is 2.30 bits per heavy atom. The van der Waals surface area contributed by atoms with Crippen molar-refractivity contribution in [1.29, 1.82) is 0 Å². The molecule has 0 amide bonds. The van der Waals surface area contributed by atoms with Crippen LogP contribution in [0.3, 0.4) is 0 Å². The van der Waals surface area contributed by atoms with Crippen LogP contribution in [0.5, 0.6) is 5.75 Å². The van der Waals surface area contributed by atoms with Crippen molar-refractivity contribution in [1.82, 2.24) is 0 Å². The molecule has 1 rings (SSSR count). The van der Waals surface area contributed by atoms with Gasteiger partial charge in [-0.1, -0.05) is 24.8 Å². The van der Waals surface area contributed by atoms with Crippen LogP contribution >= 0.6 is 0 Å². The first-order valence-corrected chi connectivity index (χ1v) is 7.13. The zero-order valence-corrected chi connectivity index (χ0v) is 12.5. The number of ether oxygens (including phenoxy) is 2. The normalized spacial score (nSPS) is 10.1. The lowest BCUT2D eigenvalue weighted by atomic mass is 10.1. The topological polar surface area (TPSA) is 35.5 Å². The van der Waals surface area contributed by atoms with E-state index in [4.69, 9.17) is 9.47 Å². The summed E-state index contributed by atoms with van der Waals surface area (Å²) < 4.78 is 10.7. The van der Waals surface area contributed by atoms with E-state index in [1.165, 1.54) is 17.2 Å². The highest BCUT2D eigenvalue weighted by atomic mass is 16.5. The van der Waals surface area contributed by atoms with Crippen molar-refractivity contribution in [3.8, 4) is 5.75 Å². The molecule has 20 heavy (non-hydrogen) atoms. The molecule has 0 aliphatic rings. The predicted molar refractivity (Wildman–Crippen MR) is 81.0 cm³/mol. The first-order chi connectivity index (χ1) is 9.65. The van der Waals surface area contributed by atoms with E-state index in [9.17, 15) is 4.79 Å². The van der Waals surface area contributed by atoms with E-state index in [0.29, 0.717) is 6.61 Å². The molecule has 0 aliphatic heterocycles. The fourth-order valence-electron chi connectivity index (χ4n) is 1.99. The van der Waals surface area contributed by atoms with Gasteiger partial charge in [0.15, 0.2) is 0 Å². The molecular formula is C17H24O3. The van der Waals surface area contributed by atoms with Crippen molar-refractivity contribution in [2.24, 2.45) is 0 Å². The van der Waals surface area contributed by atoms with Crippen molar-refractivity contribution in [3.05, 3.63) is 42.0 Å². The van der Waals surface area contributed by atoms with Gasteiger partial charge >= 0.3 is 5.97 Å². The molecule has 0 saturated heterocycles. The summed E-state index contributed by atoms with van der Waals surface area (Å²) in [7, 11) is 0. The number of benzene rings is 1.